The highest BCUT2D eigenvalue weighted by Gasteiger charge is 2.42. The molecular weight excluding hydrogens is 333 g/mol. The van der Waals surface area contributed by atoms with Crippen LogP contribution in [0.15, 0.2) is 48.6 Å². The summed E-state index contributed by atoms with van der Waals surface area (Å²) in [6.45, 7) is 1.92. The van der Waals surface area contributed by atoms with Crippen LogP contribution in [0, 0.1) is 11.3 Å². The molecule has 1 aromatic rings. The maximum Gasteiger partial charge on any atom is 0.573 e. The average molecular weight is 354 g/mol. The molecule has 0 bridgehead atoms. The van der Waals surface area contributed by atoms with Crippen molar-refractivity contribution in [1.29, 1.82) is 0 Å². The van der Waals surface area contributed by atoms with Crippen molar-refractivity contribution in [2.24, 2.45) is 11.3 Å². The molecule has 1 aliphatic rings. The lowest BCUT2D eigenvalue weighted by Crippen LogP contribution is -2.37. The third-order valence-corrected chi connectivity index (χ3v) is 4.49. The van der Waals surface area contributed by atoms with E-state index in [9.17, 15) is 23.1 Å². The molecule has 0 heterocycles. The van der Waals surface area contributed by atoms with Crippen LogP contribution in [-0.4, -0.2) is 17.4 Å². The van der Waals surface area contributed by atoms with Gasteiger partial charge in [0.05, 0.1) is 5.41 Å². The van der Waals surface area contributed by atoms with Crippen LogP contribution in [0.3, 0.4) is 0 Å². The minimum atomic E-state index is -4.75. The maximum atomic E-state index is 12.5. The molecule has 0 aliphatic heterocycles. The summed E-state index contributed by atoms with van der Waals surface area (Å²) in [6.07, 6.45) is 4.19. The van der Waals surface area contributed by atoms with Crippen molar-refractivity contribution < 1.29 is 27.8 Å². The number of aliphatic carboxylic acids is 1. The highest BCUT2D eigenvalue weighted by Crippen LogP contribution is 2.41. The van der Waals surface area contributed by atoms with Gasteiger partial charge >= 0.3 is 12.3 Å². The molecule has 0 spiro atoms. The number of allylic oxidation sites excluding steroid dienone is 3. The van der Waals surface area contributed by atoms with Crippen LogP contribution in [0.1, 0.15) is 31.7 Å². The quantitative estimate of drug-likeness (QED) is 0.738. The van der Waals surface area contributed by atoms with Crippen molar-refractivity contribution in [3.05, 3.63) is 54.1 Å². The number of halogens is 3. The van der Waals surface area contributed by atoms with E-state index in [0.717, 1.165) is 0 Å². The van der Waals surface area contributed by atoms with E-state index in [1.807, 2.05) is 13.0 Å². The molecule has 1 aliphatic carbocycles. The number of aryl methyl sites for hydroxylation is 1. The summed E-state index contributed by atoms with van der Waals surface area (Å²) < 4.78 is 41.6. The van der Waals surface area contributed by atoms with E-state index in [1.54, 1.807) is 30.4 Å². The van der Waals surface area contributed by atoms with E-state index in [2.05, 4.69) is 4.74 Å². The Morgan fingerprint density at radius 1 is 1.28 bits per heavy atom. The molecule has 25 heavy (non-hydrogen) atoms. The van der Waals surface area contributed by atoms with E-state index >= 15 is 0 Å². The van der Waals surface area contributed by atoms with Crippen molar-refractivity contribution in [2.45, 2.75) is 39.0 Å². The van der Waals surface area contributed by atoms with Gasteiger partial charge in [0.25, 0.3) is 0 Å². The van der Waals surface area contributed by atoms with E-state index in [1.165, 1.54) is 12.1 Å². The summed E-state index contributed by atoms with van der Waals surface area (Å²) in [7, 11) is 0. The number of carboxylic acids is 1. The minimum absolute atomic E-state index is 0.234. The Hall–Kier alpha value is -2.24. The Labute approximate surface area is 144 Å². The third-order valence-electron chi connectivity index (χ3n) is 4.49. The number of alkyl halides is 3. The second-order valence-electron chi connectivity index (χ2n) is 6.14. The minimum Gasteiger partial charge on any atom is -0.481 e. The van der Waals surface area contributed by atoms with Crippen molar-refractivity contribution >= 4 is 5.97 Å². The largest absolute Gasteiger partial charge is 0.573 e. The van der Waals surface area contributed by atoms with E-state index in [0.29, 0.717) is 31.2 Å². The zero-order valence-corrected chi connectivity index (χ0v) is 13.9. The number of hydrogen-bond donors (Lipinski definition) is 1. The molecule has 0 fully saturated rings. The van der Waals surface area contributed by atoms with Gasteiger partial charge in [-0.1, -0.05) is 55.8 Å². The summed E-state index contributed by atoms with van der Waals surface area (Å²) in [5, 5.41) is 9.74. The summed E-state index contributed by atoms with van der Waals surface area (Å²) in [5.41, 5.74) is -0.595. The van der Waals surface area contributed by atoms with Gasteiger partial charge in [0.2, 0.25) is 0 Å². The van der Waals surface area contributed by atoms with E-state index in [4.69, 9.17) is 0 Å². The standard InChI is InChI=1S/C19H21F3O3/c1-2-12-18(17(23)24)13-6-5-8-15(18)11-10-14-7-3-4-9-16(14)25-19(20,21)22/h3-9,13,15H,2,10-12H2,1H3,(H,23,24). The maximum absolute atomic E-state index is 12.5. The van der Waals surface area contributed by atoms with Gasteiger partial charge in [-0.25, -0.2) is 0 Å². The highest BCUT2D eigenvalue weighted by molar-refractivity contribution is 5.78. The monoisotopic (exact) mass is 354 g/mol. The van der Waals surface area contributed by atoms with Gasteiger partial charge in [0.15, 0.2) is 0 Å². The number of benzene rings is 1. The first-order chi connectivity index (χ1) is 11.8. The average Bonchev–Trinajstić information content (AvgIpc) is 2.54. The number of rotatable bonds is 7. The van der Waals surface area contributed by atoms with E-state index in [-0.39, 0.29) is 11.7 Å². The van der Waals surface area contributed by atoms with Crippen LogP contribution in [0.5, 0.6) is 5.75 Å². The predicted octanol–water partition coefficient (Wildman–Crippen LogP) is 5.13. The van der Waals surface area contributed by atoms with Crippen molar-refractivity contribution in [2.75, 3.05) is 0 Å². The first-order valence-corrected chi connectivity index (χ1v) is 8.21. The number of carbonyl (C=O) groups is 1. The Bertz CT molecular complexity index is 664. The van der Waals surface area contributed by atoms with Crippen LogP contribution < -0.4 is 4.74 Å². The molecule has 136 valence electrons. The second-order valence-corrected chi connectivity index (χ2v) is 6.14. The number of ether oxygens (including phenoxy) is 1. The Kier molecular flexibility index (Phi) is 5.93. The van der Waals surface area contributed by atoms with Gasteiger partial charge < -0.3 is 9.84 Å². The molecular formula is C19H21F3O3. The molecule has 3 nitrogen and oxygen atoms in total. The molecule has 1 aromatic carbocycles. The summed E-state index contributed by atoms with van der Waals surface area (Å²) in [5.74, 6) is -1.42. The SMILES string of the molecule is CCCC1(C(=O)O)C=CC=CC1CCc1ccccc1OC(F)(F)F. The first-order valence-electron chi connectivity index (χ1n) is 8.21. The first kappa shape index (κ1) is 19.1. The van der Waals surface area contributed by atoms with Crippen LogP contribution >= 0.6 is 0 Å². The zero-order valence-electron chi connectivity index (χ0n) is 13.9. The fraction of sp³-hybridized carbons (Fsp3) is 0.421. The molecule has 0 amide bonds. The third kappa shape index (κ3) is 4.65. The van der Waals surface area contributed by atoms with Gasteiger partial charge in [-0.15, -0.1) is 13.2 Å². The van der Waals surface area contributed by atoms with Gasteiger partial charge in [0, 0.05) is 0 Å². The molecule has 6 heteroatoms. The Morgan fingerprint density at radius 3 is 2.64 bits per heavy atom. The smallest absolute Gasteiger partial charge is 0.481 e. The number of hydrogen-bond acceptors (Lipinski definition) is 2. The predicted molar refractivity (Wildman–Crippen MR) is 88.2 cm³/mol. The number of para-hydroxylation sites is 1. The number of carboxylic acid groups (broad SMARTS) is 1. The molecule has 1 N–H and O–H groups in total. The molecule has 0 saturated carbocycles. The van der Waals surface area contributed by atoms with Gasteiger partial charge in [-0.2, -0.15) is 0 Å². The Balaban J connectivity index is 2.18. The summed E-state index contributed by atoms with van der Waals surface area (Å²) >= 11 is 0. The van der Waals surface area contributed by atoms with Crippen LogP contribution in [0.4, 0.5) is 13.2 Å². The van der Waals surface area contributed by atoms with Gasteiger partial charge in [-0.3, -0.25) is 4.79 Å². The van der Waals surface area contributed by atoms with E-state index < -0.39 is 17.7 Å². The van der Waals surface area contributed by atoms with Crippen LogP contribution in [-0.2, 0) is 11.2 Å². The summed E-state index contributed by atoms with van der Waals surface area (Å²) in [4.78, 5) is 11.9. The highest BCUT2D eigenvalue weighted by atomic mass is 19.4. The van der Waals surface area contributed by atoms with Crippen molar-refractivity contribution in [1.82, 2.24) is 0 Å². The van der Waals surface area contributed by atoms with Crippen molar-refractivity contribution in [3.8, 4) is 5.75 Å². The van der Waals surface area contributed by atoms with Crippen LogP contribution in [0.25, 0.3) is 0 Å². The Morgan fingerprint density at radius 2 is 2.00 bits per heavy atom. The lowest BCUT2D eigenvalue weighted by Gasteiger charge is -2.35. The fourth-order valence-electron chi connectivity index (χ4n) is 3.34. The molecule has 0 radical (unpaired) electrons. The normalized spacial score (nSPS) is 22.8. The summed E-state index contributed by atoms with van der Waals surface area (Å²) in [6, 6.07) is 5.97. The van der Waals surface area contributed by atoms with Gasteiger partial charge in [0.1, 0.15) is 5.75 Å². The van der Waals surface area contributed by atoms with Crippen LogP contribution in [0.2, 0.25) is 0 Å². The molecule has 2 atom stereocenters. The van der Waals surface area contributed by atoms with Gasteiger partial charge in [-0.05, 0) is 36.8 Å². The lowest BCUT2D eigenvalue weighted by molar-refractivity contribution is -0.274. The molecule has 0 aromatic heterocycles. The lowest BCUT2D eigenvalue weighted by atomic mass is 9.68. The van der Waals surface area contributed by atoms with Crippen molar-refractivity contribution in [3.63, 3.8) is 0 Å². The molecule has 2 unspecified atom stereocenters. The molecule has 2 rings (SSSR count). The topological polar surface area (TPSA) is 46.5 Å². The second kappa shape index (κ2) is 7.76. The zero-order chi connectivity index (χ0) is 18.5. The fourth-order valence-corrected chi connectivity index (χ4v) is 3.34. The molecule has 0 saturated heterocycles.